The van der Waals surface area contributed by atoms with Gasteiger partial charge in [0.05, 0.1) is 5.69 Å². The van der Waals surface area contributed by atoms with E-state index in [0.717, 1.165) is 38.3 Å². The number of anilines is 1. The summed E-state index contributed by atoms with van der Waals surface area (Å²) in [7, 11) is 0. The van der Waals surface area contributed by atoms with Crippen molar-refractivity contribution < 1.29 is 9.90 Å². The summed E-state index contributed by atoms with van der Waals surface area (Å²) in [5.41, 5.74) is 0.887. The van der Waals surface area contributed by atoms with Crippen LogP contribution >= 0.6 is 0 Å². The smallest absolute Gasteiger partial charge is 0.356 e. The minimum Gasteiger partial charge on any atom is -0.476 e. The van der Waals surface area contributed by atoms with E-state index in [2.05, 4.69) is 28.6 Å². The summed E-state index contributed by atoms with van der Waals surface area (Å²) in [6.07, 6.45) is 2.68. The number of carboxylic acid groups (broad SMARTS) is 1. The van der Waals surface area contributed by atoms with Gasteiger partial charge in [-0.2, -0.15) is 0 Å². The SMILES string of the molecule is CCC(C)N1CCN(c2cccnc2C(=O)O)CC1. The van der Waals surface area contributed by atoms with Gasteiger partial charge in [-0.3, -0.25) is 4.90 Å². The fraction of sp³-hybridized carbons (Fsp3) is 0.571. The Morgan fingerprint density at radius 1 is 1.42 bits per heavy atom. The maximum Gasteiger partial charge on any atom is 0.356 e. The highest BCUT2D eigenvalue weighted by atomic mass is 16.4. The molecule has 104 valence electrons. The molecule has 1 atom stereocenters. The highest BCUT2D eigenvalue weighted by Gasteiger charge is 2.23. The zero-order valence-corrected chi connectivity index (χ0v) is 11.5. The summed E-state index contributed by atoms with van der Waals surface area (Å²) in [6.45, 7) is 8.10. The van der Waals surface area contributed by atoms with Crippen molar-refractivity contribution in [1.29, 1.82) is 0 Å². The molecule has 1 N–H and O–H groups in total. The molecule has 5 heteroatoms. The maximum atomic E-state index is 11.2. The van der Waals surface area contributed by atoms with Gasteiger partial charge in [0.1, 0.15) is 0 Å². The van der Waals surface area contributed by atoms with E-state index < -0.39 is 5.97 Å². The van der Waals surface area contributed by atoms with Crippen LogP contribution in [0.1, 0.15) is 30.8 Å². The number of aromatic nitrogens is 1. The zero-order valence-electron chi connectivity index (χ0n) is 11.5. The molecule has 0 bridgehead atoms. The molecule has 2 heterocycles. The van der Waals surface area contributed by atoms with Crippen LogP contribution in [0.25, 0.3) is 0 Å². The molecule has 1 unspecified atom stereocenters. The number of piperazine rings is 1. The molecule has 0 radical (unpaired) electrons. The quantitative estimate of drug-likeness (QED) is 0.896. The van der Waals surface area contributed by atoms with Crippen LogP contribution in [0, 0.1) is 0 Å². The number of hydrogen-bond acceptors (Lipinski definition) is 4. The molecule has 5 nitrogen and oxygen atoms in total. The number of pyridine rings is 1. The Bertz CT molecular complexity index is 442. The average Bonchev–Trinajstić information content (AvgIpc) is 2.46. The van der Waals surface area contributed by atoms with E-state index >= 15 is 0 Å². The molecule has 1 saturated heterocycles. The molecule has 0 aromatic carbocycles. The minimum absolute atomic E-state index is 0.152. The molecule has 1 fully saturated rings. The van der Waals surface area contributed by atoms with E-state index in [0.29, 0.717) is 6.04 Å². The summed E-state index contributed by atoms with van der Waals surface area (Å²) >= 11 is 0. The van der Waals surface area contributed by atoms with Gasteiger partial charge in [-0.15, -0.1) is 0 Å². The van der Waals surface area contributed by atoms with Gasteiger partial charge in [0.25, 0.3) is 0 Å². The van der Waals surface area contributed by atoms with E-state index in [4.69, 9.17) is 0 Å². The van der Waals surface area contributed by atoms with Crippen molar-refractivity contribution in [2.24, 2.45) is 0 Å². The summed E-state index contributed by atoms with van der Waals surface area (Å²) in [4.78, 5) is 19.7. The van der Waals surface area contributed by atoms with Crippen molar-refractivity contribution in [3.05, 3.63) is 24.0 Å². The average molecular weight is 263 g/mol. The summed E-state index contributed by atoms with van der Waals surface area (Å²) in [5, 5.41) is 9.17. The summed E-state index contributed by atoms with van der Waals surface area (Å²) in [5.74, 6) is -0.958. The second-order valence-electron chi connectivity index (χ2n) is 4.96. The van der Waals surface area contributed by atoms with Gasteiger partial charge < -0.3 is 10.0 Å². The maximum absolute atomic E-state index is 11.2. The Balaban J connectivity index is 2.08. The largest absolute Gasteiger partial charge is 0.476 e. The van der Waals surface area contributed by atoms with Crippen molar-refractivity contribution in [2.75, 3.05) is 31.1 Å². The lowest BCUT2D eigenvalue weighted by molar-refractivity contribution is 0.0691. The van der Waals surface area contributed by atoms with Crippen LogP contribution in [0.15, 0.2) is 18.3 Å². The Hall–Kier alpha value is -1.62. The molecule has 1 aliphatic rings. The predicted octanol–water partition coefficient (Wildman–Crippen LogP) is 1.70. The van der Waals surface area contributed by atoms with Crippen molar-refractivity contribution in [3.63, 3.8) is 0 Å². The van der Waals surface area contributed by atoms with E-state index in [9.17, 15) is 9.90 Å². The third-order valence-corrected chi connectivity index (χ3v) is 3.86. The Morgan fingerprint density at radius 2 is 2.11 bits per heavy atom. The number of rotatable bonds is 4. The second-order valence-corrected chi connectivity index (χ2v) is 4.96. The molecule has 1 aromatic rings. The number of aromatic carboxylic acids is 1. The van der Waals surface area contributed by atoms with Crippen molar-refractivity contribution in [3.8, 4) is 0 Å². The molecule has 0 saturated carbocycles. The lowest BCUT2D eigenvalue weighted by atomic mass is 10.1. The first-order valence-corrected chi connectivity index (χ1v) is 6.80. The molecule has 19 heavy (non-hydrogen) atoms. The lowest BCUT2D eigenvalue weighted by Crippen LogP contribution is -2.49. The minimum atomic E-state index is -0.958. The second kappa shape index (κ2) is 6.02. The Labute approximate surface area is 113 Å². The topological polar surface area (TPSA) is 56.7 Å². The molecule has 0 spiro atoms. The van der Waals surface area contributed by atoms with Crippen LogP contribution in [0.4, 0.5) is 5.69 Å². The van der Waals surface area contributed by atoms with Crippen molar-refractivity contribution in [2.45, 2.75) is 26.3 Å². The first kappa shape index (κ1) is 13.8. The van der Waals surface area contributed by atoms with Crippen molar-refractivity contribution >= 4 is 11.7 Å². The molecule has 1 aliphatic heterocycles. The lowest BCUT2D eigenvalue weighted by Gasteiger charge is -2.39. The highest BCUT2D eigenvalue weighted by Crippen LogP contribution is 2.20. The third-order valence-electron chi connectivity index (χ3n) is 3.86. The van der Waals surface area contributed by atoms with Gasteiger partial charge in [0.2, 0.25) is 0 Å². The van der Waals surface area contributed by atoms with Gasteiger partial charge >= 0.3 is 5.97 Å². The van der Waals surface area contributed by atoms with Crippen LogP contribution in [0.3, 0.4) is 0 Å². The number of nitrogens with zero attached hydrogens (tertiary/aromatic N) is 3. The van der Waals surface area contributed by atoms with Gasteiger partial charge in [-0.05, 0) is 25.5 Å². The number of carbonyl (C=O) groups is 1. The molecule has 0 amide bonds. The van der Waals surface area contributed by atoms with Gasteiger partial charge in [0.15, 0.2) is 5.69 Å². The summed E-state index contributed by atoms with van der Waals surface area (Å²) in [6, 6.07) is 4.23. The molecule has 2 rings (SSSR count). The zero-order chi connectivity index (χ0) is 13.8. The third kappa shape index (κ3) is 3.04. The van der Waals surface area contributed by atoms with E-state index in [1.807, 2.05) is 6.07 Å². The standard InChI is InChI=1S/C14H21N3O2/c1-3-11(2)16-7-9-17(10-8-16)12-5-4-6-15-13(12)14(18)19/h4-6,11H,3,7-10H2,1-2H3,(H,18,19). The van der Waals surface area contributed by atoms with E-state index in [-0.39, 0.29) is 5.69 Å². The van der Waals surface area contributed by atoms with Gasteiger partial charge in [-0.1, -0.05) is 6.92 Å². The number of carboxylic acids is 1. The van der Waals surface area contributed by atoms with Gasteiger partial charge in [0, 0.05) is 38.4 Å². The number of hydrogen-bond donors (Lipinski definition) is 1. The predicted molar refractivity (Wildman–Crippen MR) is 74.7 cm³/mol. The Morgan fingerprint density at radius 3 is 2.68 bits per heavy atom. The fourth-order valence-electron chi connectivity index (χ4n) is 2.48. The monoisotopic (exact) mass is 263 g/mol. The normalized spacial score (nSPS) is 18.3. The first-order chi connectivity index (χ1) is 9.13. The van der Waals surface area contributed by atoms with Crippen LogP contribution in [-0.4, -0.2) is 53.2 Å². The fourth-order valence-corrected chi connectivity index (χ4v) is 2.48. The molecule has 0 aliphatic carbocycles. The van der Waals surface area contributed by atoms with E-state index in [1.54, 1.807) is 6.07 Å². The first-order valence-electron chi connectivity index (χ1n) is 6.80. The van der Waals surface area contributed by atoms with Crippen LogP contribution in [-0.2, 0) is 0 Å². The van der Waals surface area contributed by atoms with Crippen LogP contribution < -0.4 is 4.90 Å². The summed E-state index contributed by atoms with van der Waals surface area (Å²) < 4.78 is 0. The van der Waals surface area contributed by atoms with Crippen LogP contribution in [0.2, 0.25) is 0 Å². The molecular weight excluding hydrogens is 242 g/mol. The van der Waals surface area contributed by atoms with Crippen LogP contribution in [0.5, 0.6) is 0 Å². The van der Waals surface area contributed by atoms with Gasteiger partial charge in [-0.25, -0.2) is 9.78 Å². The van der Waals surface area contributed by atoms with E-state index in [1.165, 1.54) is 6.20 Å². The molecular formula is C14H21N3O2. The Kier molecular flexibility index (Phi) is 4.37. The van der Waals surface area contributed by atoms with Crippen molar-refractivity contribution in [1.82, 2.24) is 9.88 Å². The highest BCUT2D eigenvalue weighted by molar-refractivity contribution is 5.92. The molecule has 1 aromatic heterocycles.